The van der Waals surface area contributed by atoms with Crippen LogP contribution in [0.4, 0.5) is 8.78 Å². The van der Waals surface area contributed by atoms with Crippen LogP contribution in [0.15, 0.2) is 72.4 Å². The normalized spacial score (nSPS) is 14.2. The number of halogens is 3. The summed E-state index contributed by atoms with van der Waals surface area (Å²) in [6.07, 6.45) is 5.24. The van der Waals surface area contributed by atoms with E-state index < -0.39 is 28.8 Å². The second-order valence-electron chi connectivity index (χ2n) is 8.04. The third kappa shape index (κ3) is 3.98. The van der Waals surface area contributed by atoms with Crippen LogP contribution in [0.1, 0.15) is 18.5 Å². The number of fused-ring (bicyclic) bond motifs is 1. The summed E-state index contributed by atoms with van der Waals surface area (Å²) in [5.41, 5.74) is -1.77. The zero-order valence-electron chi connectivity index (χ0n) is 18.3. The molecule has 35 heavy (non-hydrogen) atoms. The van der Waals surface area contributed by atoms with E-state index in [0.29, 0.717) is 22.4 Å². The molecule has 2 atom stereocenters. The van der Waals surface area contributed by atoms with Gasteiger partial charge in [-0.3, -0.25) is 9.36 Å². The maximum atomic E-state index is 14.9. The van der Waals surface area contributed by atoms with Crippen LogP contribution in [0.5, 0.6) is 0 Å². The van der Waals surface area contributed by atoms with Crippen LogP contribution in [0, 0.1) is 11.6 Å². The lowest BCUT2D eigenvalue weighted by atomic mass is 9.86. The van der Waals surface area contributed by atoms with Crippen LogP contribution in [-0.4, -0.2) is 39.2 Å². The minimum Gasteiger partial charge on any atom is -0.381 e. The van der Waals surface area contributed by atoms with Gasteiger partial charge in [0.05, 0.1) is 24.5 Å². The number of nitrogens with zero attached hydrogens (tertiary/aromatic N) is 7. The minimum atomic E-state index is -2.02. The first-order chi connectivity index (χ1) is 16.8. The standard InChI is InChI=1S/C23H18ClF2N7O2/c1-14(23(35,10-31-12-27-11-30-31)19-7-4-16(25)8-20(19)26)32-13-28-21-18(22(32)34)9-29-33(21)17-5-2-15(24)3-6-17/h2-9,11-14,35H,10H2,1H3/t14-,23-/m1/s1. The summed E-state index contributed by atoms with van der Waals surface area (Å²) < 4.78 is 32.4. The minimum absolute atomic E-state index is 0.192. The Balaban J connectivity index is 1.62. The molecule has 0 saturated heterocycles. The maximum Gasteiger partial charge on any atom is 0.264 e. The lowest BCUT2D eigenvalue weighted by Gasteiger charge is -2.35. The molecular formula is C23H18ClF2N7O2. The van der Waals surface area contributed by atoms with Gasteiger partial charge < -0.3 is 5.11 Å². The van der Waals surface area contributed by atoms with Gasteiger partial charge in [-0.1, -0.05) is 17.7 Å². The van der Waals surface area contributed by atoms with Gasteiger partial charge in [0.25, 0.3) is 5.56 Å². The van der Waals surface area contributed by atoms with Gasteiger partial charge in [0.15, 0.2) is 5.65 Å². The molecule has 0 aliphatic rings. The van der Waals surface area contributed by atoms with Gasteiger partial charge in [-0.05, 0) is 37.3 Å². The quantitative estimate of drug-likeness (QED) is 0.386. The molecule has 5 aromatic rings. The number of aromatic nitrogens is 7. The molecule has 0 saturated carbocycles. The molecule has 0 spiro atoms. The lowest BCUT2D eigenvalue weighted by molar-refractivity contribution is -0.0343. The second-order valence-corrected chi connectivity index (χ2v) is 8.48. The predicted octanol–water partition coefficient (Wildman–Crippen LogP) is 3.25. The molecule has 3 aromatic heterocycles. The van der Waals surface area contributed by atoms with E-state index in [1.807, 2.05) is 0 Å². The predicted molar refractivity (Wildman–Crippen MR) is 123 cm³/mol. The number of rotatable bonds is 6. The average Bonchev–Trinajstić information content (AvgIpc) is 3.49. The number of benzene rings is 2. The molecule has 0 amide bonds. The summed E-state index contributed by atoms with van der Waals surface area (Å²) in [4.78, 5) is 21.7. The highest BCUT2D eigenvalue weighted by atomic mass is 35.5. The summed E-state index contributed by atoms with van der Waals surface area (Å²) in [5.74, 6) is -1.76. The van der Waals surface area contributed by atoms with Gasteiger partial charge >= 0.3 is 0 Å². The van der Waals surface area contributed by atoms with Crippen molar-refractivity contribution in [1.82, 2.24) is 34.1 Å². The first-order valence-corrected chi connectivity index (χ1v) is 10.9. The Morgan fingerprint density at radius 3 is 2.57 bits per heavy atom. The molecule has 0 bridgehead atoms. The highest BCUT2D eigenvalue weighted by Crippen LogP contribution is 2.36. The highest BCUT2D eigenvalue weighted by Gasteiger charge is 2.41. The fourth-order valence-electron chi connectivity index (χ4n) is 4.05. The number of aliphatic hydroxyl groups is 1. The molecular weight excluding hydrogens is 480 g/mol. The highest BCUT2D eigenvalue weighted by molar-refractivity contribution is 6.30. The molecule has 2 aromatic carbocycles. The van der Waals surface area contributed by atoms with E-state index in [1.165, 1.54) is 46.0 Å². The second kappa shape index (κ2) is 8.67. The van der Waals surface area contributed by atoms with E-state index >= 15 is 0 Å². The van der Waals surface area contributed by atoms with Gasteiger partial charge in [0, 0.05) is 16.7 Å². The Morgan fingerprint density at radius 1 is 1.11 bits per heavy atom. The molecule has 0 unspecified atom stereocenters. The van der Waals surface area contributed by atoms with Crippen molar-refractivity contribution in [2.45, 2.75) is 25.1 Å². The summed E-state index contributed by atoms with van der Waals surface area (Å²) in [6.45, 7) is 1.28. The van der Waals surface area contributed by atoms with Crippen LogP contribution in [0.25, 0.3) is 16.7 Å². The van der Waals surface area contributed by atoms with Crippen molar-refractivity contribution >= 4 is 22.6 Å². The van der Waals surface area contributed by atoms with Crippen LogP contribution in [0.2, 0.25) is 5.02 Å². The molecule has 0 radical (unpaired) electrons. The smallest absolute Gasteiger partial charge is 0.264 e. The topological polar surface area (TPSA) is 104 Å². The molecule has 3 heterocycles. The molecule has 0 fully saturated rings. The molecule has 1 N–H and O–H groups in total. The van der Waals surface area contributed by atoms with Crippen LogP contribution < -0.4 is 5.56 Å². The Kier molecular flexibility index (Phi) is 5.65. The average molecular weight is 498 g/mol. The summed E-state index contributed by atoms with van der Waals surface area (Å²) in [5, 5.41) is 20.8. The monoisotopic (exact) mass is 497 g/mol. The van der Waals surface area contributed by atoms with Gasteiger partial charge in [0.1, 0.15) is 41.6 Å². The zero-order valence-corrected chi connectivity index (χ0v) is 19.0. The molecule has 0 aliphatic heterocycles. The van der Waals surface area contributed by atoms with E-state index in [-0.39, 0.29) is 17.5 Å². The zero-order chi connectivity index (χ0) is 24.7. The molecule has 178 valence electrons. The van der Waals surface area contributed by atoms with Crippen molar-refractivity contribution in [3.05, 3.63) is 100 Å². The van der Waals surface area contributed by atoms with Crippen molar-refractivity contribution in [2.24, 2.45) is 0 Å². The Bertz CT molecular complexity index is 1570. The van der Waals surface area contributed by atoms with E-state index in [2.05, 4.69) is 20.2 Å². The largest absolute Gasteiger partial charge is 0.381 e. The fourth-order valence-corrected chi connectivity index (χ4v) is 4.17. The van der Waals surface area contributed by atoms with Crippen molar-refractivity contribution in [3.63, 3.8) is 0 Å². The van der Waals surface area contributed by atoms with Crippen LogP contribution in [0.3, 0.4) is 0 Å². The molecule has 9 nitrogen and oxygen atoms in total. The van der Waals surface area contributed by atoms with E-state index in [4.69, 9.17) is 11.6 Å². The van der Waals surface area contributed by atoms with Gasteiger partial charge in [-0.2, -0.15) is 10.2 Å². The van der Waals surface area contributed by atoms with Gasteiger partial charge in [-0.15, -0.1) is 0 Å². The van der Waals surface area contributed by atoms with Crippen molar-refractivity contribution in [2.75, 3.05) is 0 Å². The molecule has 12 heteroatoms. The fraction of sp³-hybridized carbons (Fsp3) is 0.174. The number of hydrogen-bond donors (Lipinski definition) is 1. The van der Waals surface area contributed by atoms with Crippen LogP contribution in [-0.2, 0) is 12.1 Å². The van der Waals surface area contributed by atoms with Gasteiger partial charge in [0.2, 0.25) is 0 Å². The Hall–Kier alpha value is -3.96. The summed E-state index contributed by atoms with van der Waals surface area (Å²) in [6, 6.07) is 8.66. The van der Waals surface area contributed by atoms with E-state index in [1.54, 1.807) is 24.3 Å². The van der Waals surface area contributed by atoms with Gasteiger partial charge in [-0.25, -0.2) is 28.1 Å². The third-order valence-corrected chi connectivity index (χ3v) is 6.21. The Morgan fingerprint density at radius 2 is 1.89 bits per heavy atom. The van der Waals surface area contributed by atoms with E-state index in [9.17, 15) is 18.7 Å². The first kappa shape index (κ1) is 22.8. The maximum absolute atomic E-state index is 14.9. The molecule has 5 rings (SSSR count). The third-order valence-electron chi connectivity index (χ3n) is 5.96. The summed E-state index contributed by atoms with van der Waals surface area (Å²) >= 11 is 5.96. The Labute approximate surface area is 201 Å². The van der Waals surface area contributed by atoms with E-state index in [0.717, 1.165) is 12.1 Å². The molecule has 0 aliphatic carbocycles. The van der Waals surface area contributed by atoms with Crippen molar-refractivity contribution < 1.29 is 13.9 Å². The SMILES string of the molecule is C[C@@H](n1cnc2c(cnn2-c2ccc(Cl)cc2)c1=O)[C@](O)(Cn1cncn1)c1ccc(F)cc1F. The summed E-state index contributed by atoms with van der Waals surface area (Å²) in [7, 11) is 0. The van der Waals surface area contributed by atoms with Crippen molar-refractivity contribution in [3.8, 4) is 5.69 Å². The first-order valence-electron chi connectivity index (χ1n) is 10.5. The number of hydrogen-bond acceptors (Lipinski definition) is 6. The van der Waals surface area contributed by atoms with Crippen LogP contribution >= 0.6 is 11.6 Å². The lowest BCUT2D eigenvalue weighted by Crippen LogP contribution is -2.43. The van der Waals surface area contributed by atoms with Crippen molar-refractivity contribution in [1.29, 1.82) is 0 Å².